The topological polar surface area (TPSA) is 96.2 Å². The molecule has 1 saturated heterocycles. The van der Waals surface area contributed by atoms with Crippen LogP contribution in [-0.4, -0.2) is 57.4 Å². The Labute approximate surface area is 177 Å². The molecule has 5 rings (SSSR count). The second kappa shape index (κ2) is 6.26. The van der Waals surface area contributed by atoms with Crippen molar-refractivity contribution < 1.29 is 29.6 Å². The van der Waals surface area contributed by atoms with Crippen LogP contribution in [0, 0.1) is 28.6 Å². The standard InChI is InChI=1S/C24H34O6/c1-21(2)29-19-10-16-15-6-5-13-9-14(26)7-8-22(13,3)20(15)17(27)11-23(16,4)24(19,30-21)18(28)12-25/h7-9,15-20,25,27-28H,5-6,10-12H2,1-4H3/t15?,16?,17-,18?,19+,20?,22?,23?,24+/m0/s1. The molecule has 5 aliphatic rings. The molecule has 0 bridgehead atoms. The first-order chi connectivity index (χ1) is 14.0. The zero-order chi connectivity index (χ0) is 21.7. The lowest BCUT2D eigenvalue weighted by atomic mass is 9.46. The van der Waals surface area contributed by atoms with Crippen molar-refractivity contribution in [1.29, 1.82) is 0 Å². The maximum Gasteiger partial charge on any atom is 0.178 e. The van der Waals surface area contributed by atoms with Gasteiger partial charge in [0.15, 0.2) is 11.6 Å². The molecule has 0 aromatic heterocycles. The Hall–Kier alpha value is -1.05. The number of carbonyl (C=O) groups excluding carboxylic acids is 1. The van der Waals surface area contributed by atoms with Gasteiger partial charge in [-0.15, -0.1) is 0 Å². The molecule has 1 heterocycles. The van der Waals surface area contributed by atoms with Crippen molar-refractivity contribution in [2.45, 2.75) is 83.1 Å². The first-order valence-corrected chi connectivity index (χ1v) is 11.3. The van der Waals surface area contributed by atoms with Crippen LogP contribution in [0.5, 0.6) is 0 Å². The third kappa shape index (κ3) is 2.40. The Bertz CT molecular complexity index is 832. The zero-order valence-corrected chi connectivity index (χ0v) is 18.3. The number of aliphatic hydroxyl groups excluding tert-OH is 3. The molecule has 0 aromatic carbocycles. The van der Waals surface area contributed by atoms with Crippen molar-refractivity contribution in [2.75, 3.05) is 6.61 Å². The van der Waals surface area contributed by atoms with Crippen LogP contribution in [0.25, 0.3) is 0 Å². The molecular weight excluding hydrogens is 384 g/mol. The number of rotatable bonds is 2. The average Bonchev–Trinajstić information content (AvgIpc) is 3.07. The van der Waals surface area contributed by atoms with Crippen LogP contribution < -0.4 is 0 Å². The fourth-order valence-corrected chi connectivity index (χ4v) is 8.22. The first kappa shape index (κ1) is 20.8. The molecule has 3 N–H and O–H groups in total. The van der Waals surface area contributed by atoms with Gasteiger partial charge in [-0.1, -0.05) is 25.5 Å². The van der Waals surface area contributed by atoms with E-state index < -0.39 is 35.6 Å². The van der Waals surface area contributed by atoms with Gasteiger partial charge in [0, 0.05) is 16.7 Å². The second-order valence-electron chi connectivity index (χ2n) is 11.0. The van der Waals surface area contributed by atoms with E-state index in [1.165, 1.54) is 0 Å². The molecule has 6 heteroatoms. The SMILES string of the molecule is CC1(C)O[C@@H]2CC3C4CCC5=CC(=O)C=CC5(C)C4[C@@H](O)CC3(C)[C@]2(C(O)CO)O1. The number of fused-ring (bicyclic) bond motifs is 7. The van der Waals surface area contributed by atoms with E-state index in [-0.39, 0.29) is 35.1 Å². The Morgan fingerprint density at radius 3 is 2.70 bits per heavy atom. The Balaban J connectivity index is 1.58. The lowest BCUT2D eigenvalue weighted by Gasteiger charge is -2.60. The van der Waals surface area contributed by atoms with Crippen LogP contribution in [0.2, 0.25) is 0 Å². The van der Waals surface area contributed by atoms with E-state index in [1.54, 1.807) is 12.2 Å². The van der Waals surface area contributed by atoms with Crippen molar-refractivity contribution in [2.24, 2.45) is 28.6 Å². The molecule has 0 amide bonds. The van der Waals surface area contributed by atoms with E-state index in [4.69, 9.17) is 9.47 Å². The van der Waals surface area contributed by atoms with Crippen LogP contribution in [0.4, 0.5) is 0 Å². The summed E-state index contributed by atoms with van der Waals surface area (Å²) in [6, 6.07) is 0. The molecule has 4 aliphatic carbocycles. The van der Waals surface area contributed by atoms with Crippen molar-refractivity contribution >= 4 is 5.78 Å². The predicted octanol–water partition coefficient (Wildman–Crippen LogP) is 2.12. The minimum Gasteiger partial charge on any atom is -0.394 e. The van der Waals surface area contributed by atoms with Crippen LogP contribution >= 0.6 is 0 Å². The molecular formula is C24H34O6. The van der Waals surface area contributed by atoms with E-state index in [2.05, 4.69) is 13.8 Å². The van der Waals surface area contributed by atoms with Gasteiger partial charge in [-0.3, -0.25) is 4.79 Å². The molecule has 0 spiro atoms. The molecule has 1 aliphatic heterocycles. The highest BCUT2D eigenvalue weighted by Gasteiger charge is 2.76. The quantitative estimate of drug-likeness (QED) is 0.636. The van der Waals surface area contributed by atoms with Crippen molar-refractivity contribution in [3.8, 4) is 0 Å². The van der Waals surface area contributed by atoms with Crippen molar-refractivity contribution in [1.82, 2.24) is 0 Å². The van der Waals surface area contributed by atoms with Crippen LogP contribution in [0.15, 0.2) is 23.8 Å². The molecule has 3 saturated carbocycles. The van der Waals surface area contributed by atoms with Crippen LogP contribution in [0.1, 0.15) is 53.4 Å². The van der Waals surface area contributed by atoms with E-state index in [0.29, 0.717) is 6.42 Å². The fraction of sp³-hybridized carbons (Fsp3) is 0.792. The summed E-state index contributed by atoms with van der Waals surface area (Å²) < 4.78 is 12.7. The van der Waals surface area contributed by atoms with Crippen molar-refractivity contribution in [3.05, 3.63) is 23.8 Å². The minimum atomic E-state index is -1.08. The molecule has 30 heavy (non-hydrogen) atoms. The Kier molecular flexibility index (Phi) is 4.35. The highest BCUT2D eigenvalue weighted by atomic mass is 16.8. The number of hydrogen-bond donors (Lipinski definition) is 3. The van der Waals surface area contributed by atoms with Gasteiger partial charge in [0.2, 0.25) is 0 Å². The fourth-order valence-electron chi connectivity index (χ4n) is 8.22. The summed E-state index contributed by atoms with van der Waals surface area (Å²) in [4.78, 5) is 12.0. The lowest BCUT2D eigenvalue weighted by molar-refractivity contribution is -0.254. The maximum absolute atomic E-state index is 12.0. The number of ether oxygens (including phenoxy) is 2. The largest absolute Gasteiger partial charge is 0.394 e. The smallest absolute Gasteiger partial charge is 0.178 e. The molecule has 0 aromatic rings. The highest BCUT2D eigenvalue weighted by Crippen LogP contribution is 2.70. The number of allylic oxidation sites excluding steroid dienone is 4. The summed E-state index contributed by atoms with van der Waals surface area (Å²) in [6.07, 6.45) is 6.32. The minimum absolute atomic E-state index is 0.00933. The monoisotopic (exact) mass is 418 g/mol. The zero-order valence-electron chi connectivity index (χ0n) is 18.3. The van der Waals surface area contributed by atoms with Crippen LogP contribution in [0.3, 0.4) is 0 Å². The van der Waals surface area contributed by atoms with E-state index >= 15 is 0 Å². The third-order valence-electron chi connectivity index (χ3n) is 9.23. The van der Waals surface area contributed by atoms with Crippen LogP contribution in [-0.2, 0) is 14.3 Å². The highest BCUT2D eigenvalue weighted by molar-refractivity contribution is 6.01. The van der Waals surface area contributed by atoms with Gasteiger partial charge in [-0.25, -0.2) is 0 Å². The molecule has 0 radical (unpaired) electrons. The van der Waals surface area contributed by atoms with E-state index in [0.717, 1.165) is 24.8 Å². The van der Waals surface area contributed by atoms with Gasteiger partial charge in [0.05, 0.1) is 18.8 Å². The Morgan fingerprint density at radius 2 is 2.00 bits per heavy atom. The molecule has 9 atom stereocenters. The average molecular weight is 419 g/mol. The van der Waals surface area contributed by atoms with Gasteiger partial charge in [0.25, 0.3) is 0 Å². The number of ketones is 1. The summed E-state index contributed by atoms with van der Waals surface area (Å²) in [5.41, 5.74) is -0.785. The van der Waals surface area contributed by atoms with Gasteiger partial charge in [0.1, 0.15) is 11.7 Å². The summed E-state index contributed by atoms with van der Waals surface area (Å²) in [7, 11) is 0. The summed E-state index contributed by atoms with van der Waals surface area (Å²) in [5.74, 6) is -0.395. The summed E-state index contributed by atoms with van der Waals surface area (Å²) in [5, 5.41) is 32.5. The van der Waals surface area contributed by atoms with E-state index in [9.17, 15) is 20.1 Å². The third-order valence-corrected chi connectivity index (χ3v) is 9.23. The number of hydrogen-bond acceptors (Lipinski definition) is 6. The molecule has 6 nitrogen and oxygen atoms in total. The number of aliphatic hydroxyl groups is 3. The second-order valence-corrected chi connectivity index (χ2v) is 11.0. The molecule has 6 unspecified atom stereocenters. The summed E-state index contributed by atoms with van der Waals surface area (Å²) >= 11 is 0. The Morgan fingerprint density at radius 1 is 1.27 bits per heavy atom. The predicted molar refractivity (Wildman–Crippen MR) is 109 cm³/mol. The van der Waals surface area contributed by atoms with Gasteiger partial charge < -0.3 is 24.8 Å². The van der Waals surface area contributed by atoms with E-state index in [1.807, 2.05) is 19.9 Å². The van der Waals surface area contributed by atoms with Gasteiger partial charge >= 0.3 is 0 Å². The summed E-state index contributed by atoms with van der Waals surface area (Å²) in [6.45, 7) is 7.54. The van der Waals surface area contributed by atoms with Crippen molar-refractivity contribution in [3.63, 3.8) is 0 Å². The van der Waals surface area contributed by atoms with Gasteiger partial charge in [-0.2, -0.15) is 0 Å². The maximum atomic E-state index is 12.0. The lowest BCUT2D eigenvalue weighted by Crippen LogP contribution is -2.65. The number of carbonyl (C=O) groups is 1. The molecule has 166 valence electrons. The molecule has 4 fully saturated rings. The normalized spacial score (nSPS) is 52.2. The first-order valence-electron chi connectivity index (χ1n) is 11.3. The van der Waals surface area contributed by atoms with Gasteiger partial charge in [-0.05, 0) is 63.5 Å².